The van der Waals surface area contributed by atoms with Gasteiger partial charge in [-0.2, -0.15) is 5.26 Å². The van der Waals surface area contributed by atoms with Crippen LogP contribution in [-0.2, 0) is 0 Å². The fourth-order valence-electron chi connectivity index (χ4n) is 7.92. The van der Waals surface area contributed by atoms with Gasteiger partial charge >= 0.3 is 0 Å². The zero-order valence-corrected chi connectivity index (χ0v) is 29.9. The maximum atomic E-state index is 9.44. The second kappa shape index (κ2) is 13.6. The molecule has 1 aliphatic carbocycles. The molecule has 1 aliphatic rings. The van der Waals surface area contributed by atoms with Crippen LogP contribution in [0.1, 0.15) is 29.5 Å². The normalized spacial score (nSPS) is 12.8. The summed E-state index contributed by atoms with van der Waals surface area (Å²) in [5, 5.41) is 13.8. The van der Waals surface area contributed by atoms with Gasteiger partial charge in [0.1, 0.15) is 11.2 Å². The lowest BCUT2D eigenvalue weighted by atomic mass is 9.88. The van der Waals surface area contributed by atoms with Crippen molar-refractivity contribution in [3.63, 3.8) is 0 Å². The van der Waals surface area contributed by atoms with Gasteiger partial charge in [-0.05, 0) is 88.0 Å². The van der Waals surface area contributed by atoms with Crippen molar-refractivity contribution < 1.29 is 4.42 Å². The van der Waals surface area contributed by atoms with E-state index < -0.39 is 0 Å². The molecule has 0 fully saturated rings. The number of fused-ring (bicyclic) bond motifs is 5. The topological polar surface area (TPSA) is 62.7 Å². The molecule has 10 rings (SSSR count). The summed E-state index contributed by atoms with van der Waals surface area (Å²) in [5.74, 6) is 0.708. The van der Waals surface area contributed by atoms with E-state index in [1.807, 2.05) is 60.7 Å². The van der Waals surface area contributed by atoms with E-state index in [0.29, 0.717) is 11.4 Å². The van der Waals surface area contributed by atoms with E-state index in [9.17, 15) is 5.26 Å². The summed E-state index contributed by atoms with van der Waals surface area (Å²) in [6, 6.07) is 58.5. The van der Waals surface area contributed by atoms with E-state index in [4.69, 9.17) is 14.4 Å². The van der Waals surface area contributed by atoms with Crippen LogP contribution in [0.5, 0.6) is 0 Å². The van der Waals surface area contributed by atoms with E-state index in [1.165, 1.54) is 16.7 Å². The van der Waals surface area contributed by atoms with Crippen LogP contribution >= 0.6 is 0 Å². The largest absolute Gasteiger partial charge is 0.455 e. The second-order valence-corrected chi connectivity index (χ2v) is 14.0. The molecule has 0 saturated heterocycles. The van der Waals surface area contributed by atoms with Crippen LogP contribution in [0, 0.1) is 11.3 Å². The molecule has 9 aromatic rings. The van der Waals surface area contributed by atoms with Crippen molar-refractivity contribution in [3.8, 4) is 51.1 Å². The highest BCUT2D eigenvalue weighted by atomic mass is 16.3. The molecule has 0 spiro atoms. The molecular weight excluding hydrogens is 671 g/mol. The summed E-state index contributed by atoms with van der Waals surface area (Å²) in [7, 11) is 0. The van der Waals surface area contributed by atoms with Crippen LogP contribution in [-0.4, -0.2) is 9.97 Å². The first kappa shape index (κ1) is 32.3. The van der Waals surface area contributed by atoms with Crippen molar-refractivity contribution in [2.24, 2.45) is 0 Å². The summed E-state index contributed by atoms with van der Waals surface area (Å²) in [6.45, 7) is 0. The lowest BCUT2D eigenvalue weighted by Crippen LogP contribution is -1.97. The van der Waals surface area contributed by atoms with E-state index in [0.717, 1.165) is 90.3 Å². The number of nitriles is 1. The molecule has 55 heavy (non-hydrogen) atoms. The molecule has 4 nitrogen and oxygen atoms in total. The zero-order chi connectivity index (χ0) is 36.7. The molecule has 0 saturated carbocycles. The van der Waals surface area contributed by atoms with E-state index in [1.54, 1.807) is 0 Å². The van der Waals surface area contributed by atoms with Gasteiger partial charge in [-0.25, -0.2) is 9.97 Å². The summed E-state index contributed by atoms with van der Waals surface area (Å²) in [6.07, 6.45) is 6.58. The molecule has 0 amide bonds. The molecule has 258 valence electrons. The number of nitrogens with zero attached hydrogens (tertiary/aromatic N) is 3. The summed E-state index contributed by atoms with van der Waals surface area (Å²) >= 11 is 0. The first-order chi connectivity index (χ1) is 27.2. The SMILES string of the molecule is N#Cc1ccc(-c2cc3c(oc4cccc(C5=CCCC(c6cccc(-c7cc(-c8ccccc8)nc(-c8ccccc8)n7)c6)=C5)c43)c3ccccc23)cc1. The Balaban J connectivity index is 1.08. The van der Waals surface area contributed by atoms with Gasteiger partial charge in [0.15, 0.2) is 5.82 Å². The number of furan rings is 1. The summed E-state index contributed by atoms with van der Waals surface area (Å²) in [4.78, 5) is 10.1. The van der Waals surface area contributed by atoms with Crippen molar-refractivity contribution in [1.82, 2.24) is 9.97 Å². The number of hydrogen-bond donors (Lipinski definition) is 0. The molecule has 0 bridgehead atoms. The first-order valence-electron chi connectivity index (χ1n) is 18.6. The Hall–Kier alpha value is -7.35. The van der Waals surface area contributed by atoms with Crippen LogP contribution in [0.4, 0.5) is 0 Å². The Morgan fingerprint density at radius 1 is 0.527 bits per heavy atom. The Bertz CT molecular complexity index is 2960. The summed E-state index contributed by atoms with van der Waals surface area (Å²) < 4.78 is 6.68. The minimum atomic E-state index is 0.647. The van der Waals surface area contributed by atoms with Gasteiger partial charge in [-0.1, -0.05) is 140 Å². The Morgan fingerprint density at radius 3 is 1.98 bits per heavy atom. The van der Waals surface area contributed by atoms with Crippen LogP contribution in [0.2, 0.25) is 0 Å². The third-order valence-corrected chi connectivity index (χ3v) is 10.6. The predicted octanol–water partition coefficient (Wildman–Crippen LogP) is 13.3. The van der Waals surface area contributed by atoms with Crippen LogP contribution in [0.15, 0.2) is 180 Å². The van der Waals surface area contributed by atoms with Crippen molar-refractivity contribution in [2.45, 2.75) is 12.8 Å². The molecular formula is C51H33N3O. The van der Waals surface area contributed by atoms with Gasteiger partial charge < -0.3 is 4.42 Å². The van der Waals surface area contributed by atoms with Gasteiger partial charge in [-0.15, -0.1) is 0 Å². The molecule has 7 aromatic carbocycles. The highest BCUT2D eigenvalue weighted by molar-refractivity contribution is 6.21. The molecule has 0 radical (unpaired) electrons. The number of hydrogen-bond acceptors (Lipinski definition) is 4. The van der Waals surface area contributed by atoms with Gasteiger partial charge in [0, 0.05) is 32.8 Å². The highest BCUT2D eigenvalue weighted by Gasteiger charge is 2.20. The molecule has 2 aromatic heterocycles. The van der Waals surface area contributed by atoms with E-state index >= 15 is 0 Å². The second-order valence-electron chi connectivity index (χ2n) is 14.0. The molecule has 2 heterocycles. The molecule has 0 atom stereocenters. The highest BCUT2D eigenvalue weighted by Crippen LogP contribution is 2.43. The lowest BCUT2D eigenvalue weighted by Gasteiger charge is -2.16. The summed E-state index contributed by atoms with van der Waals surface area (Å²) in [5.41, 5.74) is 14.3. The minimum absolute atomic E-state index is 0.647. The van der Waals surface area contributed by atoms with Crippen molar-refractivity contribution in [3.05, 3.63) is 193 Å². The van der Waals surface area contributed by atoms with Gasteiger partial charge in [0.2, 0.25) is 0 Å². The average molecular weight is 704 g/mol. The van der Waals surface area contributed by atoms with Crippen LogP contribution in [0.25, 0.3) is 88.9 Å². The van der Waals surface area contributed by atoms with Crippen molar-refractivity contribution in [1.29, 1.82) is 5.26 Å². The zero-order valence-electron chi connectivity index (χ0n) is 29.9. The average Bonchev–Trinajstić information content (AvgIpc) is 3.66. The Labute approximate surface area is 319 Å². The van der Waals surface area contributed by atoms with Crippen LogP contribution < -0.4 is 0 Å². The molecule has 0 aliphatic heterocycles. The minimum Gasteiger partial charge on any atom is -0.455 e. The number of benzene rings is 7. The third kappa shape index (κ3) is 5.89. The van der Waals surface area contributed by atoms with Gasteiger partial charge in [0.05, 0.1) is 23.0 Å². The van der Waals surface area contributed by atoms with Crippen molar-refractivity contribution in [2.75, 3.05) is 0 Å². The Kier molecular flexibility index (Phi) is 7.97. The van der Waals surface area contributed by atoms with Crippen molar-refractivity contribution >= 4 is 43.9 Å². The maximum absolute atomic E-state index is 9.44. The van der Waals surface area contributed by atoms with Crippen LogP contribution in [0.3, 0.4) is 0 Å². The first-order valence-corrected chi connectivity index (χ1v) is 18.6. The smallest absolute Gasteiger partial charge is 0.160 e. The van der Waals surface area contributed by atoms with Gasteiger partial charge in [-0.3, -0.25) is 0 Å². The fourth-order valence-corrected chi connectivity index (χ4v) is 7.92. The fraction of sp³-hybridized carbons (Fsp3) is 0.0392. The number of allylic oxidation sites excluding steroid dienone is 4. The standard InChI is InChI=1S/C51H33N3O/c52-32-33-24-26-34(27-25-33)44-30-45-49-41(22-11-23-48(49)55-50(45)43-21-8-7-20-42(43)44)39-18-9-16-37(28-39)38-17-10-19-40(29-38)47-31-46(35-12-3-1-4-13-35)53-51(54-47)36-14-5-2-6-15-36/h1-8,10-15,17-31H,9,16H2. The third-order valence-electron chi connectivity index (χ3n) is 10.6. The van der Waals surface area contributed by atoms with E-state index in [-0.39, 0.29) is 0 Å². The molecule has 0 unspecified atom stereocenters. The number of rotatable bonds is 6. The number of aromatic nitrogens is 2. The Morgan fingerprint density at radius 2 is 1.20 bits per heavy atom. The maximum Gasteiger partial charge on any atom is 0.160 e. The van der Waals surface area contributed by atoms with Gasteiger partial charge in [0.25, 0.3) is 0 Å². The lowest BCUT2D eigenvalue weighted by molar-refractivity contribution is 0.672. The molecule has 0 N–H and O–H groups in total. The quantitative estimate of drug-likeness (QED) is 0.173. The monoisotopic (exact) mass is 703 g/mol. The predicted molar refractivity (Wildman–Crippen MR) is 225 cm³/mol. The van der Waals surface area contributed by atoms with E-state index in [2.05, 4.69) is 121 Å². The molecule has 4 heteroatoms.